The zero-order valence-corrected chi connectivity index (χ0v) is 18.1. The Morgan fingerprint density at radius 1 is 1.33 bits per heavy atom. The number of ether oxygens (including phenoxy) is 1. The summed E-state index contributed by atoms with van der Waals surface area (Å²) in [4.78, 5) is 13.8. The molecule has 1 atom stereocenters. The summed E-state index contributed by atoms with van der Waals surface area (Å²) in [6.07, 6.45) is 1.31. The van der Waals surface area contributed by atoms with Crippen molar-refractivity contribution in [2.75, 3.05) is 19.6 Å². The Balaban J connectivity index is 1.90. The molecule has 27 heavy (non-hydrogen) atoms. The fraction of sp³-hybridized carbons (Fsp3) is 0.611. The molecule has 1 saturated heterocycles. The van der Waals surface area contributed by atoms with E-state index in [4.69, 9.17) is 27.9 Å². The summed E-state index contributed by atoms with van der Waals surface area (Å²) < 4.78 is 32.8. The third kappa shape index (κ3) is 7.49. The first-order chi connectivity index (χ1) is 12.5. The van der Waals surface area contributed by atoms with Crippen LogP contribution in [0.3, 0.4) is 0 Å². The molecule has 1 aliphatic rings. The molecule has 1 heterocycles. The maximum Gasteiger partial charge on any atom is 0.410 e. The van der Waals surface area contributed by atoms with E-state index in [9.17, 15) is 13.2 Å². The van der Waals surface area contributed by atoms with Crippen LogP contribution in [-0.4, -0.2) is 44.6 Å². The molecule has 152 valence electrons. The van der Waals surface area contributed by atoms with E-state index in [0.29, 0.717) is 28.7 Å². The predicted octanol–water partition coefficient (Wildman–Crippen LogP) is 4.06. The van der Waals surface area contributed by atoms with Crippen LogP contribution >= 0.6 is 23.2 Å². The van der Waals surface area contributed by atoms with Crippen molar-refractivity contribution in [3.63, 3.8) is 0 Å². The van der Waals surface area contributed by atoms with E-state index in [1.165, 1.54) is 6.07 Å². The SMILES string of the molecule is CC(C)(C)OC(=O)N1CCCC(CNS(=O)(=O)Cc2ccc(Cl)cc2Cl)C1. The minimum Gasteiger partial charge on any atom is -0.444 e. The fourth-order valence-electron chi connectivity index (χ4n) is 2.86. The molecule has 1 aromatic rings. The average molecular weight is 437 g/mol. The van der Waals surface area contributed by atoms with E-state index >= 15 is 0 Å². The van der Waals surface area contributed by atoms with Crippen molar-refractivity contribution >= 4 is 39.3 Å². The highest BCUT2D eigenvalue weighted by Crippen LogP contribution is 2.23. The van der Waals surface area contributed by atoms with Gasteiger partial charge in [0.25, 0.3) is 0 Å². The van der Waals surface area contributed by atoms with Crippen LogP contribution < -0.4 is 4.72 Å². The van der Waals surface area contributed by atoms with Gasteiger partial charge in [0.2, 0.25) is 10.0 Å². The number of nitrogens with zero attached hydrogens (tertiary/aromatic N) is 1. The lowest BCUT2D eigenvalue weighted by molar-refractivity contribution is 0.0169. The Labute approximate surface area is 171 Å². The maximum absolute atomic E-state index is 12.4. The molecular formula is C18H26Cl2N2O4S. The standard InChI is InChI=1S/C18H26Cl2N2O4S/c1-18(2,3)26-17(23)22-8-4-5-13(11-22)10-21-27(24,25)12-14-6-7-15(19)9-16(14)20/h6-7,9,13,21H,4-5,8,10-12H2,1-3H3. The summed E-state index contributed by atoms with van der Waals surface area (Å²) in [5.41, 5.74) is -0.0590. The fourth-order valence-corrected chi connectivity index (χ4v) is 4.67. The van der Waals surface area contributed by atoms with E-state index in [1.807, 2.05) is 20.8 Å². The average Bonchev–Trinajstić information content (AvgIpc) is 2.54. The van der Waals surface area contributed by atoms with Gasteiger partial charge in [-0.15, -0.1) is 0 Å². The van der Waals surface area contributed by atoms with Crippen molar-refractivity contribution in [2.24, 2.45) is 5.92 Å². The smallest absolute Gasteiger partial charge is 0.410 e. The molecule has 0 bridgehead atoms. The lowest BCUT2D eigenvalue weighted by Gasteiger charge is -2.34. The Morgan fingerprint density at radius 3 is 2.67 bits per heavy atom. The number of amides is 1. The number of benzene rings is 1. The van der Waals surface area contributed by atoms with Crippen molar-refractivity contribution in [2.45, 2.75) is 45.0 Å². The third-order valence-corrected chi connectivity index (χ3v) is 6.01. The van der Waals surface area contributed by atoms with E-state index < -0.39 is 15.6 Å². The van der Waals surface area contributed by atoms with Crippen molar-refractivity contribution in [1.29, 1.82) is 0 Å². The number of nitrogens with one attached hydrogen (secondary N) is 1. The molecule has 0 spiro atoms. The molecule has 1 unspecified atom stereocenters. The number of hydrogen-bond donors (Lipinski definition) is 1. The van der Waals surface area contributed by atoms with E-state index in [-0.39, 0.29) is 24.3 Å². The van der Waals surface area contributed by atoms with E-state index in [0.717, 1.165) is 12.8 Å². The monoisotopic (exact) mass is 436 g/mol. The minimum absolute atomic E-state index is 0.0433. The largest absolute Gasteiger partial charge is 0.444 e. The summed E-state index contributed by atoms with van der Waals surface area (Å²) in [5.74, 6) is -0.173. The van der Waals surface area contributed by atoms with Crippen LogP contribution in [0.5, 0.6) is 0 Å². The van der Waals surface area contributed by atoms with Crippen molar-refractivity contribution < 1.29 is 17.9 Å². The van der Waals surface area contributed by atoms with E-state index in [1.54, 1.807) is 17.0 Å². The number of hydrogen-bond acceptors (Lipinski definition) is 4. The highest BCUT2D eigenvalue weighted by Gasteiger charge is 2.28. The summed E-state index contributed by atoms with van der Waals surface area (Å²) in [6.45, 7) is 6.83. The molecule has 1 fully saturated rings. The summed E-state index contributed by atoms with van der Waals surface area (Å²) in [6, 6.07) is 4.74. The van der Waals surface area contributed by atoms with Gasteiger partial charge in [0.15, 0.2) is 0 Å². The van der Waals surface area contributed by atoms with Crippen LogP contribution in [0.25, 0.3) is 0 Å². The Morgan fingerprint density at radius 2 is 2.04 bits per heavy atom. The number of rotatable bonds is 5. The van der Waals surface area contributed by atoms with Crippen molar-refractivity contribution in [3.05, 3.63) is 33.8 Å². The van der Waals surface area contributed by atoms with Gasteiger partial charge in [-0.2, -0.15) is 0 Å². The molecule has 0 aromatic heterocycles. The molecule has 1 aliphatic heterocycles. The quantitative estimate of drug-likeness (QED) is 0.754. The highest BCUT2D eigenvalue weighted by atomic mass is 35.5. The minimum atomic E-state index is -3.55. The first kappa shape index (κ1) is 22.3. The molecule has 2 rings (SSSR count). The molecular weight excluding hydrogens is 411 g/mol. The molecule has 1 amide bonds. The Bertz CT molecular complexity index is 778. The molecule has 0 saturated carbocycles. The summed E-state index contributed by atoms with van der Waals surface area (Å²) in [7, 11) is -3.55. The first-order valence-corrected chi connectivity index (χ1v) is 11.3. The molecule has 0 aliphatic carbocycles. The van der Waals surface area contributed by atoms with Crippen molar-refractivity contribution in [1.82, 2.24) is 9.62 Å². The summed E-state index contributed by atoms with van der Waals surface area (Å²) >= 11 is 11.9. The van der Waals surface area contributed by atoms with Gasteiger partial charge >= 0.3 is 6.09 Å². The Hall–Kier alpha value is -1.02. The number of halogens is 2. The maximum atomic E-state index is 12.4. The summed E-state index contributed by atoms with van der Waals surface area (Å²) in [5, 5.41) is 0.778. The predicted molar refractivity (Wildman–Crippen MR) is 108 cm³/mol. The molecule has 6 nitrogen and oxygen atoms in total. The first-order valence-electron chi connectivity index (χ1n) is 8.84. The van der Waals surface area contributed by atoms with Crippen molar-refractivity contribution in [3.8, 4) is 0 Å². The van der Waals surface area contributed by atoms with Gasteiger partial charge in [-0.25, -0.2) is 17.9 Å². The van der Waals surface area contributed by atoms with Crippen LogP contribution in [0.2, 0.25) is 10.0 Å². The van der Waals surface area contributed by atoms with Gasteiger partial charge in [-0.05, 0) is 57.2 Å². The van der Waals surface area contributed by atoms with Gasteiger partial charge in [0.1, 0.15) is 5.60 Å². The number of carbonyl (C=O) groups is 1. The molecule has 1 N–H and O–H groups in total. The van der Waals surface area contributed by atoms with Gasteiger partial charge < -0.3 is 9.64 Å². The molecule has 0 radical (unpaired) electrons. The number of likely N-dealkylation sites (tertiary alicyclic amines) is 1. The zero-order valence-electron chi connectivity index (χ0n) is 15.8. The van der Waals surface area contributed by atoms with Crippen LogP contribution in [0, 0.1) is 5.92 Å². The van der Waals surface area contributed by atoms with Crippen LogP contribution in [0.4, 0.5) is 4.79 Å². The number of sulfonamides is 1. The van der Waals surface area contributed by atoms with Crippen LogP contribution in [0.1, 0.15) is 39.2 Å². The number of piperidine rings is 1. The lowest BCUT2D eigenvalue weighted by atomic mass is 9.99. The Kier molecular flexibility index (Phi) is 7.41. The second-order valence-corrected chi connectivity index (χ2v) is 10.4. The zero-order chi connectivity index (χ0) is 20.2. The van der Waals surface area contributed by atoms with Gasteiger partial charge in [-0.3, -0.25) is 0 Å². The number of carbonyl (C=O) groups excluding carboxylic acids is 1. The highest BCUT2D eigenvalue weighted by molar-refractivity contribution is 7.88. The van der Waals surface area contributed by atoms with E-state index in [2.05, 4.69) is 4.72 Å². The second kappa shape index (κ2) is 8.99. The normalized spacial score (nSPS) is 18.4. The lowest BCUT2D eigenvalue weighted by Crippen LogP contribution is -2.45. The van der Waals surface area contributed by atoms with Crippen LogP contribution in [0.15, 0.2) is 18.2 Å². The third-order valence-electron chi connectivity index (χ3n) is 4.12. The second-order valence-electron chi connectivity index (χ2n) is 7.78. The molecule has 1 aromatic carbocycles. The van der Waals surface area contributed by atoms with Gasteiger partial charge in [0.05, 0.1) is 5.75 Å². The van der Waals surface area contributed by atoms with Gasteiger partial charge in [-0.1, -0.05) is 29.3 Å². The topological polar surface area (TPSA) is 75.7 Å². The van der Waals surface area contributed by atoms with Gasteiger partial charge in [0, 0.05) is 29.7 Å². The van der Waals surface area contributed by atoms with Crippen LogP contribution in [-0.2, 0) is 20.5 Å². The molecule has 9 heteroatoms.